The van der Waals surface area contributed by atoms with E-state index in [0.29, 0.717) is 13.2 Å². The van der Waals surface area contributed by atoms with E-state index in [1.807, 2.05) is 30.3 Å². The van der Waals surface area contributed by atoms with E-state index in [-0.39, 0.29) is 19.1 Å². The van der Waals surface area contributed by atoms with Crippen LogP contribution in [0, 0.1) is 0 Å². The van der Waals surface area contributed by atoms with Crippen LogP contribution in [0.4, 0.5) is 4.79 Å². The van der Waals surface area contributed by atoms with Gasteiger partial charge < -0.3 is 10.1 Å². The highest BCUT2D eigenvalue weighted by molar-refractivity contribution is 5.75. The average Bonchev–Trinajstić information content (AvgIpc) is 2.50. The van der Waals surface area contributed by atoms with E-state index in [2.05, 4.69) is 17.3 Å². The molecule has 0 atom stereocenters. The molecular weight excluding hydrogens is 270 g/mol. The second-order valence-electron chi connectivity index (χ2n) is 4.18. The Morgan fingerprint density at radius 2 is 2.05 bits per heavy atom. The zero-order valence-corrected chi connectivity index (χ0v) is 12.2. The molecule has 0 radical (unpaired) electrons. The molecule has 114 valence electrons. The second kappa shape index (κ2) is 9.55. The molecule has 6 heteroatoms. The smallest absolute Gasteiger partial charge is 0.332 e. The molecule has 0 bridgehead atoms. The van der Waals surface area contributed by atoms with Crippen molar-refractivity contribution < 1.29 is 14.3 Å². The fourth-order valence-electron chi connectivity index (χ4n) is 1.59. The van der Waals surface area contributed by atoms with Crippen LogP contribution in [0.25, 0.3) is 0 Å². The van der Waals surface area contributed by atoms with Crippen molar-refractivity contribution in [2.75, 3.05) is 19.7 Å². The summed E-state index contributed by atoms with van der Waals surface area (Å²) >= 11 is 0. The number of benzene rings is 1. The number of hydrogen-bond donors (Lipinski definition) is 2. The number of nitrogens with one attached hydrogen (secondary N) is 2. The molecule has 0 fully saturated rings. The third-order valence-corrected chi connectivity index (χ3v) is 2.56. The van der Waals surface area contributed by atoms with Gasteiger partial charge in [-0.2, -0.15) is 0 Å². The van der Waals surface area contributed by atoms with Crippen LogP contribution in [0.15, 0.2) is 43.0 Å². The summed E-state index contributed by atoms with van der Waals surface area (Å²) in [4.78, 5) is 23.3. The molecule has 0 aliphatic rings. The summed E-state index contributed by atoms with van der Waals surface area (Å²) in [6, 6.07) is 9.23. The van der Waals surface area contributed by atoms with Gasteiger partial charge in [-0.1, -0.05) is 36.4 Å². The Labute approximate surface area is 124 Å². The number of urea groups is 1. The van der Waals surface area contributed by atoms with Gasteiger partial charge in [-0.15, -0.1) is 6.58 Å². The van der Waals surface area contributed by atoms with Gasteiger partial charge in [-0.05, 0) is 12.5 Å². The van der Waals surface area contributed by atoms with Crippen molar-refractivity contribution in [1.82, 2.24) is 15.8 Å². The summed E-state index contributed by atoms with van der Waals surface area (Å²) in [6.45, 7) is 6.24. The molecule has 1 aromatic carbocycles. The first-order valence-corrected chi connectivity index (χ1v) is 6.76. The van der Waals surface area contributed by atoms with Crippen molar-refractivity contribution >= 4 is 12.0 Å². The lowest BCUT2D eigenvalue weighted by Gasteiger charge is -2.22. The summed E-state index contributed by atoms with van der Waals surface area (Å²) in [6.07, 6.45) is 1.57. The third kappa shape index (κ3) is 6.58. The van der Waals surface area contributed by atoms with Crippen LogP contribution in [-0.4, -0.2) is 36.7 Å². The van der Waals surface area contributed by atoms with Crippen molar-refractivity contribution in [3.8, 4) is 0 Å². The van der Waals surface area contributed by atoms with Crippen LogP contribution >= 0.6 is 0 Å². The topological polar surface area (TPSA) is 70.7 Å². The minimum atomic E-state index is -0.414. The minimum Gasteiger partial charge on any atom is -0.465 e. The van der Waals surface area contributed by atoms with Crippen molar-refractivity contribution in [3.05, 3.63) is 48.6 Å². The summed E-state index contributed by atoms with van der Waals surface area (Å²) in [5.41, 5.74) is 3.71. The van der Waals surface area contributed by atoms with E-state index in [1.54, 1.807) is 13.0 Å². The van der Waals surface area contributed by atoms with Gasteiger partial charge in [0, 0.05) is 6.54 Å². The molecule has 1 rings (SSSR count). The normalized spacial score (nSPS) is 9.76. The fourth-order valence-corrected chi connectivity index (χ4v) is 1.59. The largest absolute Gasteiger partial charge is 0.465 e. The van der Waals surface area contributed by atoms with Crippen LogP contribution in [0.5, 0.6) is 0 Å². The zero-order chi connectivity index (χ0) is 15.5. The van der Waals surface area contributed by atoms with Gasteiger partial charge in [0.2, 0.25) is 0 Å². The summed E-state index contributed by atoms with van der Waals surface area (Å²) < 4.78 is 4.79. The first-order chi connectivity index (χ1) is 10.2. The summed E-state index contributed by atoms with van der Waals surface area (Å²) in [7, 11) is 0. The minimum absolute atomic E-state index is 0.0690. The molecule has 0 saturated carbocycles. The van der Waals surface area contributed by atoms with Gasteiger partial charge in [0.25, 0.3) is 0 Å². The molecule has 0 unspecified atom stereocenters. The highest BCUT2D eigenvalue weighted by Gasteiger charge is 2.13. The van der Waals surface area contributed by atoms with E-state index >= 15 is 0 Å². The molecule has 21 heavy (non-hydrogen) atoms. The lowest BCUT2D eigenvalue weighted by molar-refractivity contribution is -0.142. The maximum absolute atomic E-state index is 12.0. The lowest BCUT2D eigenvalue weighted by Crippen LogP contribution is -2.49. The Morgan fingerprint density at radius 1 is 1.33 bits per heavy atom. The Morgan fingerprint density at radius 3 is 2.67 bits per heavy atom. The van der Waals surface area contributed by atoms with Crippen LogP contribution < -0.4 is 10.7 Å². The molecule has 0 aliphatic carbocycles. The average molecular weight is 291 g/mol. The molecule has 2 N–H and O–H groups in total. The number of esters is 1. The predicted molar refractivity (Wildman–Crippen MR) is 80.2 cm³/mol. The maximum Gasteiger partial charge on any atom is 0.332 e. The van der Waals surface area contributed by atoms with E-state index in [0.717, 1.165) is 5.56 Å². The van der Waals surface area contributed by atoms with Crippen LogP contribution in [0.2, 0.25) is 0 Å². The SMILES string of the molecule is C=CCN(NCC(=O)OCC)C(=O)NCc1ccccc1. The van der Waals surface area contributed by atoms with Gasteiger partial charge in [-0.3, -0.25) is 9.80 Å². The Hall–Kier alpha value is -2.34. The third-order valence-electron chi connectivity index (χ3n) is 2.56. The summed E-state index contributed by atoms with van der Waals surface area (Å²) in [5.74, 6) is -0.414. The monoisotopic (exact) mass is 291 g/mol. The first kappa shape index (κ1) is 16.7. The fraction of sp³-hybridized carbons (Fsp3) is 0.333. The highest BCUT2D eigenvalue weighted by Crippen LogP contribution is 1.98. The van der Waals surface area contributed by atoms with Crippen LogP contribution in [0.3, 0.4) is 0 Å². The van der Waals surface area contributed by atoms with Crippen molar-refractivity contribution in [1.29, 1.82) is 0 Å². The van der Waals surface area contributed by atoms with Gasteiger partial charge in [-0.25, -0.2) is 10.2 Å². The molecule has 0 saturated heterocycles. The maximum atomic E-state index is 12.0. The van der Waals surface area contributed by atoms with Crippen LogP contribution in [-0.2, 0) is 16.1 Å². The molecule has 6 nitrogen and oxygen atoms in total. The Bertz CT molecular complexity index is 462. The lowest BCUT2D eigenvalue weighted by atomic mass is 10.2. The molecule has 2 amide bonds. The summed E-state index contributed by atoms with van der Waals surface area (Å²) in [5, 5.41) is 4.05. The second-order valence-corrected chi connectivity index (χ2v) is 4.18. The number of ether oxygens (including phenoxy) is 1. The number of amides is 2. The number of hydrazine groups is 1. The predicted octanol–water partition coefficient (Wildman–Crippen LogP) is 1.45. The van der Waals surface area contributed by atoms with Gasteiger partial charge in [0.05, 0.1) is 13.2 Å². The van der Waals surface area contributed by atoms with E-state index in [4.69, 9.17) is 4.74 Å². The number of carbonyl (C=O) groups excluding carboxylic acids is 2. The Kier molecular flexibility index (Phi) is 7.60. The van der Waals surface area contributed by atoms with E-state index in [9.17, 15) is 9.59 Å². The molecule has 0 aromatic heterocycles. The quantitative estimate of drug-likeness (QED) is 0.432. The highest BCUT2D eigenvalue weighted by atomic mass is 16.5. The van der Waals surface area contributed by atoms with Crippen molar-refractivity contribution in [2.45, 2.75) is 13.5 Å². The molecule has 0 heterocycles. The van der Waals surface area contributed by atoms with Gasteiger partial charge in [0.1, 0.15) is 6.54 Å². The number of hydrogen-bond acceptors (Lipinski definition) is 4. The van der Waals surface area contributed by atoms with Gasteiger partial charge in [0.15, 0.2) is 0 Å². The molecular formula is C15H21N3O3. The molecule has 1 aromatic rings. The van der Waals surface area contributed by atoms with Crippen LogP contribution in [0.1, 0.15) is 12.5 Å². The van der Waals surface area contributed by atoms with Crippen molar-refractivity contribution in [3.63, 3.8) is 0 Å². The number of carbonyl (C=O) groups is 2. The van der Waals surface area contributed by atoms with Crippen molar-refractivity contribution in [2.24, 2.45) is 0 Å². The standard InChI is InChI=1S/C15H21N3O3/c1-3-10-18(17-12-14(19)21-4-2)15(20)16-11-13-8-6-5-7-9-13/h3,5-9,17H,1,4,10-12H2,2H3,(H,16,20). The van der Waals surface area contributed by atoms with E-state index in [1.165, 1.54) is 5.01 Å². The molecule has 0 aliphatic heterocycles. The van der Waals surface area contributed by atoms with Gasteiger partial charge >= 0.3 is 12.0 Å². The first-order valence-electron chi connectivity index (χ1n) is 6.76. The number of rotatable bonds is 8. The van der Waals surface area contributed by atoms with E-state index < -0.39 is 5.97 Å². The molecule has 0 spiro atoms. The Balaban J connectivity index is 2.45. The zero-order valence-electron chi connectivity index (χ0n) is 12.2. The number of nitrogens with zero attached hydrogens (tertiary/aromatic N) is 1.